The lowest BCUT2D eigenvalue weighted by Gasteiger charge is -2.11. The zero-order chi connectivity index (χ0) is 13.3. The van der Waals surface area contributed by atoms with E-state index >= 15 is 0 Å². The van der Waals surface area contributed by atoms with E-state index in [1.165, 1.54) is 0 Å². The Hall–Kier alpha value is -1.62. The van der Waals surface area contributed by atoms with Crippen molar-refractivity contribution in [2.24, 2.45) is 0 Å². The second-order valence-corrected chi connectivity index (χ2v) is 5.13. The Morgan fingerprint density at radius 1 is 1.39 bits per heavy atom. The molecule has 0 amide bonds. The van der Waals surface area contributed by atoms with Crippen molar-refractivity contribution in [3.63, 3.8) is 0 Å². The summed E-state index contributed by atoms with van der Waals surface area (Å²) in [6.45, 7) is 4.02. The second-order valence-electron chi connectivity index (χ2n) is 4.28. The maximum atomic E-state index is 11.0. The van der Waals surface area contributed by atoms with Gasteiger partial charge in [-0.05, 0) is 40.0 Å². The molecule has 0 saturated carbocycles. The van der Waals surface area contributed by atoms with Crippen molar-refractivity contribution in [2.45, 2.75) is 19.8 Å². The maximum absolute atomic E-state index is 11.0. The number of nitrogens with zero attached hydrogens (tertiary/aromatic N) is 2. The Labute approximate surface area is 113 Å². The molecule has 18 heavy (non-hydrogen) atoms. The molecule has 94 valence electrons. The molecule has 1 aromatic carbocycles. The summed E-state index contributed by atoms with van der Waals surface area (Å²) in [5.41, 5.74) is 1.78. The van der Waals surface area contributed by atoms with Crippen molar-refractivity contribution < 1.29 is 9.90 Å². The van der Waals surface area contributed by atoms with Crippen LogP contribution in [0.25, 0.3) is 5.69 Å². The minimum atomic E-state index is -1.01. The van der Waals surface area contributed by atoms with Gasteiger partial charge < -0.3 is 5.11 Å². The number of benzene rings is 1. The molecule has 0 fully saturated rings. The van der Waals surface area contributed by atoms with E-state index in [1.54, 1.807) is 10.7 Å². The molecular weight excluding hydrogens is 296 g/mol. The van der Waals surface area contributed by atoms with Crippen molar-refractivity contribution in [2.75, 3.05) is 0 Å². The molecule has 0 aliphatic carbocycles. The maximum Gasteiger partial charge on any atom is 0.356 e. The first-order valence-electron chi connectivity index (χ1n) is 5.59. The summed E-state index contributed by atoms with van der Waals surface area (Å²) < 4.78 is 2.56. The lowest BCUT2D eigenvalue weighted by Crippen LogP contribution is -2.05. The van der Waals surface area contributed by atoms with Crippen LogP contribution in [0.5, 0.6) is 0 Å². The van der Waals surface area contributed by atoms with E-state index in [1.807, 2.05) is 38.1 Å². The van der Waals surface area contributed by atoms with Crippen molar-refractivity contribution in [1.29, 1.82) is 0 Å². The fourth-order valence-electron chi connectivity index (χ4n) is 1.73. The zero-order valence-electron chi connectivity index (χ0n) is 10.1. The molecule has 2 aromatic rings. The topological polar surface area (TPSA) is 55.1 Å². The Kier molecular flexibility index (Phi) is 3.52. The van der Waals surface area contributed by atoms with E-state index in [-0.39, 0.29) is 11.6 Å². The zero-order valence-corrected chi connectivity index (χ0v) is 11.7. The fourth-order valence-corrected chi connectivity index (χ4v) is 2.18. The monoisotopic (exact) mass is 308 g/mol. The predicted octanol–water partition coefficient (Wildman–Crippen LogP) is 3.46. The van der Waals surface area contributed by atoms with Gasteiger partial charge in [0, 0.05) is 10.2 Å². The number of hydrogen-bond donors (Lipinski definition) is 1. The lowest BCUT2D eigenvalue weighted by molar-refractivity contribution is 0.0690. The summed E-state index contributed by atoms with van der Waals surface area (Å²) >= 11 is 3.45. The second kappa shape index (κ2) is 4.94. The van der Waals surface area contributed by atoms with E-state index in [0.29, 0.717) is 0 Å². The summed E-state index contributed by atoms with van der Waals surface area (Å²) in [5.74, 6) is -0.819. The summed E-state index contributed by atoms with van der Waals surface area (Å²) in [5, 5.41) is 13.2. The van der Waals surface area contributed by atoms with E-state index in [2.05, 4.69) is 21.0 Å². The summed E-state index contributed by atoms with van der Waals surface area (Å²) in [4.78, 5) is 11.0. The van der Waals surface area contributed by atoms with Crippen LogP contribution < -0.4 is 0 Å². The first-order chi connectivity index (χ1) is 8.50. The van der Waals surface area contributed by atoms with Crippen LogP contribution in [0.1, 0.15) is 35.9 Å². The molecule has 0 aliphatic heterocycles. The number of carboxylic acids is 1. The molecule has 0 aliphatic rings. The minimum absolute atomic E-state index is 0.0643. The van der Waals surface area contributed by atoms with Crippen LogP contribution in [0.3, 0.4) is 0 Å². The van der Waals surface area contributed by atoms with E-state index in [9.17, 15) is 4.79 Å². The summed E-state index contributed by atoms with van der Waals surface area (Å²) in [6.07, 6.45) is 0. The third kappa shape index (κ3) is 2.31. The highest BCUT2D eigenvalue weighted by Gasteiger charge is 2.17. The van der Waals surface area contributed by atoms with Crippen LogP contribution in [0.2, 0.25) is 0 Å². The minimum Gasteiger partial charge on any atom is -0.476 e. The molecule has 0 unspecified atom stereocenters. The highest BCUT2D eigenvalue weighted by molar-refractivity contribution is 9.10. The number of hydrogen-bond acceptors (Lipinski definition) is 2. The first kappa shape index (κ1) is 12.8. The van der Waals surface area contributed by atoms with Gasteiger partial charge in [0.1, 0.15) is 0 Å². The highest BCUT2D eigenvalue weighted by Crippen LogP contribution is 2.25. The average molecular weight is 309 g/mol. The molecule has 1 N–H and O–H groups in total. The number of rotatable bonds is 3. The molecule has 0 spiro atoms. The Morgan fingerprint density at radius 2 is 2.06 bits per heavy atom. The van der Waals surface area contributed by atoms with Gasteiger partial charge in [0.15, 0.2) is 5.69 Å². The standard InChI is InChI=1S/C13H13BrN2O2/c1-8(2)12-7-10(13(17)18)15-16(12)11-6-4-3-5-9(11)14/h3-8H,1-2H3,(H,17,18). The van der Waals surface area contributed by atoms with Gasteiger partial charge in [-0.3, -0.25) is 0 Å². The molecule has 4 nitrogen and oxygen atoms in total. The molecule has 1 heterocycles. The smallest absolute Gasteiger partial charge is 0.356 e. The van der Waals surface area contributed by atoms with Crippen LogP contribution in [-0.4, -0.2) is 20.9 Å². The van der Waals surface area contributed by atoms with Crippen molar-refractivity contribution in [1.82, 2.24) is 9.78 Å². The lowest BCUT2D eigenvalue weighted by atomic mass is 10.1. The number of halogens is 1. The summed E-state index contributed by atoms with van der Waals surface area (Å²) in [6, 6.07) is 9.22. The van der Waals surface area contributed by atoms with E-state index in [4.69, 9.17) is 5.11 Å². The molecule has 0 bridgehead atoms. The normalized spacial score (nSPS) is 10.9. The SMILES string of the molecule is CC(C)c1cc(C(=O)O)nn1-c1ccccc1Br. The van der Waals surface area contributed by atoms with Crippen molar-refractivity contribution in [3.8, 4) is 5.69 Å². The quantitative estimate of drug-likeness (QED) is 0.944. The Balaban J connectivity index is 2.63. The Bertz CT molecular complexity index is 590. The molecule has 0 atom stereocenters. The van der Waals surface area contributed by atoms with E-state index < -0.39 is 5.97 Å². The van der Waals surface area contributed by atoms with Crippen LogP contribution in [0.15, 0.2) is 34.8 Å². The highest BCUT2D eigenvalue weighted by atomic mass is 79.9. The van der Waals surface area contributed by atoms with Gasteiger partial charge in [-0.2, -0.15) is 5.10 Å². The Morgan fingerprint density at radius 3 is 2.61 bits per heavy atom. The molecule has 0 saturated heterocycles. The number of carboxylic acid groups (broad SMARTS) is 1. The van der Waals surface area contributed by atoms with E-state index in [0.717, 1.165) is 15.9 Å². The van der Waals surface area contributed by atoms with Crippen LogP contribution in [0.4, 0.5) is 0 Å². The first-order valence-corrected chi connectivity index (χ1v) is 6.38. The molecule has 5 heteroatoms. The summed E-state index contributed by atoms with van der Waals surface area (Å²) in [7, 11) is 0. The van der Waals surface area contributed by atoms with Crippen LogP contribution >= 0.6 is 15.9 Å². The number of aromatic nitrogens is 2. The molecule has 0 radical (unpaired) electrons. The van der Waals surface area contributed by atoms with Gasteiger partial charge in [0.2, 0.25) is 0 Å². The van der Waals surface area contributed by atoms with Gasteiger partial charge in [0.05, 0.1) is 5.69 Å². The number of para-hydroxylation sites is 1. The van der Waals surface area contributed by atoms with Gasteiger partial charge in [-0.25, -0.2) is 9.48 Å². The predicted molar refractivity (Wildman–Crippen MR) is 72.3 cm³/mol. The largest absolute Gasteiger partial charge is 0.476 e. The average Bonchev–Trinajstić information content (AvgIpc) is 2.74. The third-order valence-electron chi connectivity index (χ3n) is 2.63. The molecule has 1 aromatic heterocycles. The van der Waals surface area contributed by atoms with Crippen LogP contribution in [0, 0.1) is 0 Å². The van der Waals surface area contributed by atoms with Crippen molar-refractivity contribution >= 4 is 21.9 Å². The molecular formula is C13H13BrN2O2. The van der Waals surface area contributed by atoms with Gasteiger partial charge >= 0.3 is 5.97 Å². The van der Waals surface area contributed by atoms with Gasteiger partial charge in [-0.15, -0.1) is 0 Å². The number of aromatic carboxylic acids is 1. The van der Waals surface area contributed by atoms with Gasteiger partial charge in [-0.1, -0.05) is 26.0 Å². The molecule has 2 rings (SSSR count). The van der Waals surface area contributed by atoms with Gasteiger partial charge in [0.25, 0.3) is 0 Å². The van der Waals surface area contributed by atoms with Crippen LogP contribution in [-0.2, 0) is 0 Å². The number of carbonyl (C=O) groups is 1. The third-order valence-corrected chi connectivity index (χ3v) is 3.30. The van der Waals surface area contributed by atoms with Crippen molar-refractivity contribution in [3.05, 3.63) is 46.2 Å². The fraction of sp³-hybridized carbons (Fsp3) is 0.231.